The van der Waals surface area contributed by atoms with Crippen LogP contribution in [-0.2, 0) is 9.59 Å². The van der Waals surface area contributed by atoms with Crippen LogP contribution in [0.5, 0.6) is 0 Å². The Balaban J connectivity index is 1.52. The summed E-state index contributed by atoms with van der Waals surface area (Å²) >= 11 is 0.906. The van der Waals surface area contributed by atoms with Crippen molar-refractivity contribution in [2.45, 2.75) is 11.7 Å². The van der Waals surface area contributed by atoms with E-state index < -0.39 is 5.25 Å². The molecule has 0 spiro atoms. The number of amides is 3. The summed E-state index contributed by atoms with van der Waals surface area (Å²) in [7, 11) is 0. The highest BCUT2D eigenvalue weighted by Gasteiger charge is 2.34. The Morgan fingerprint density at radius 1 is 1.14 bits per heavy atom. The van der Waals surface area contributed by atoms with E-state index in [9.17, 15) is 14.4 Å². The molecule has 1 atom stereocenters. The van der Waals surface area contributed by atoms with Gasteiger partial charge in [0.25, 0.3) is 5.24 Å². The highest BCUT2D eigenvalue weighted by Crippen LogP contribution is 2.23. The zero-order chi connectivity index (χ0) is 15.5. The van der Waals surface area contributed by atoms with Gasteiger partial charge in [-0.05, 0) is 12.1 Å². The van der Waals surface area contributed by atoms with Crippen LogP contribution in [0.3, 0.4) is 0 Å². The number of piperazine rings is 1. The summed E-state index contributed by atoms with van der Waals surface area (Å²) < 4.78 is 0. The Kier molecular flexibility index (Phi) is 4.33. The third-order valence-electron chi connectivity index (χ3n) is 3.88. The van der Waals surface area contributed by atoms with Gasteiger partial charge in [0.15, 0.2) is 0 Å². The summed E-state index contributed by atoms with van der Waals surface area (Å²) in [4.78, 5) is 38.9. The number of thioether (sulfide) groups is 1. The Labute approximate surface area is 132 Å². The van der Waals surface area contributed by atoms with Crippen LogP contribution in [0.25, 0.3) is 0 Å². The molecule has 2 aliphatic heterocycles. The molecule has 0 radical (unpaired) electrons. The van der Waals surface area contributed by atoms with Crippen LogP contribution in [0.4, 0.5) is 10.5 Å². The molecule has 3 amide bonds. The molecule has 2 heterocycles. The largest absolute Gasteiger partial charge is 0.368 e. The number of para-hydroxylation sites is 1. The second-order valence-electron chi connectivity index (χ2n) is 5.29. The first kappa shape index (κ1) is 14.9. The number of nitrogens with zero attached hydrogens (tertiary/aromatic N) is 2. The van der Waals surface area contributed by atoms with Gasteiger partial charge in [-0.2, -0.15) is 0 Å². The molecular formula is C15H17N3O3S. The maximum Gasteiger partial charge on any atom is 0.286 e. The minimum absolute atomic E-state index is 0.0601. The molecule has 6 nitrogen and oxygen atoms in total. The molecule has 2 saturated heterocycles. The van der Waals surface area contributed by atoms with E-state index in [-0.39, 0.29) is 23.5 Å². The van der Waals surface area contributed by atoms with E-state index in [1.807, 2.05) is 18.2 Å². The molecule has 1 N–H and O–H groups in total. The maximum atomic E-state index is 12.3. The number of rotatable bonds is 3. The van der Waals surface area contributed by atoms with Gasteiger partial charge in [0.05, 0.1) is 0 Å². The summed E-state index contributed by atoms with van der Waals surface area (Å²) in [6, 6.07) is 10.1. The topological polar surface area (TPSA) is 69.7 Å². The Bertz CT molecular complexity index is 585. The third-order valence-corrected chi connectivity index (χ3v) is 4.86. The lowest BCUT2D eigenvalue weighted by Gasteiger charge is -2.36. The van der Waals surface area contributed by atoms with Crippen LogP contribution in [0.1, 0.15) is 6.42 Å². The van der Waals surface area contributed by atoms with Gasteiger partial charge >= 0.3 is 0 Å². The van der Waals surface area contributed by atoms with E-state index >= 15 is 0 Å². The summed E-state index contributed by atoms with van der Waals surface area (Å²) in [5.74, 6) is -0.415. The fourth-order valence-corrected chi connectivity index (χ4v) is 3.48. The molecule has 22 heavy (non-hydrogen) atoms. The third kappa shape index (κ3) is 3.24. The number of benzene rings is 1. The highest BCUT2D eigenvalue weighted by molar-refractivity contribution is 8.15. The molecule has 0 aliphatic carbocycles. The first-order valence-corrected chi connectivity index (χ1v) is 8.11. The number of imide groups is 1. The second-order valence-corrected chi connectivity index (χ2v) is 6.47. The van der Waals surface area contributed by atoms with Crippen LogP contribution in [-0.4, -0.2) is 53.4 Å². The van der Waals surface area contributed by atoms with Gasteiger partial charge in [-0.25, -0.2) is 0 Å². The van der Waals surface area contributed by atoms with Gasteiger partial charge in [-0.3, -0.25) is 19.7 Å². The van der Waals surface area contributed by atoms with E-state index in [1.165, 1.54) is 0 Å². The molecule has 2 fully saturated rings. The van der Waals surface area contributed by atoms with Gasteiger partial charge < -0.3 is 9.80 Å². The van der Waals surface area contributed by atoms with Crippen molar-refractivity contribution < 1.29 is 14.4 Å². The number of hydrogen-bond acceptors (Lipinski definition) is 5. The zero-order valence-corrected chi connectivity index (χ0v) is 12.8. The molecular weight excluding hydrogens is 302 g/mol. The smallest absolute Gasteiger partial charge is 0.286 e. The van der Waals surface area contributed by atoms with Gasteiger partial charge in [0, 0.05) is 38.3 Å². The molecule has 116 valence electrons. The molecule has 0 bridgehead atoms. The summed E-state index contributed by atoms with van der Waals surface area (Å²) in [6.45, 7) is 2.83. The fourth-order valence-electron chi connectivity index (χ4n) is 2.67. The summed E-state index contributed by atoms with van der Waals surface area (Å²) in [5.41, 5.74) is 1.16. The minimum Gasteiger partial charge on any atom is -0.368 e. The standard InChI is InChI=1S/C15H17N3O3S/c19-13(10-12-14(20)16-15(21)22-12)18-8-6-17(7-9-18)11-4-2-1-3-5-11/h1-5,12H,6-10H2,(H,16,20,21)/t12-/m0/s1. The van der Waals surface area contributed by atoms with Crippen molar-refractivity contribution in [2.75, 3.05) is 31.1 Å². The van der Waals surface area contributed by atoms with E-state index in [4.69, 9.17) is 0 Å². The van der Waals surface area contributed by atoms with Crippen molar-refractivity contribution in [3.63, 3.8) is 0 Å². The average Bonchev–Trinajstić information content (AvgIpc) is 2.86. The molecule has 3 rings (SSSR count). The van der Waals surface area contributed by atoms with Crippen molar-refractivity contribution >= 4 is 34.5 Å². The summed E-state index contributed by atoms with van der Waals surface area (Å²) in [6.07, 6.45) is 0.0909. The zero-order valence-electron chi connectivity index (χ0n) is 12.0. The van der Waals surface area contributed by atoms with Crippen LogP contribution in [0.15, 0.2) is 30.3 Å². The lowest BCUT2D eigenvalue weighted by molar-refractivity contribution is -0.133. The predicted octanol–water partition coefficient (Wildman–Crippen LogP) is 1.08. The summed E-state index contributed by atoms with van der Waals surface area (Å²) in [5, 5.41) is 1.27. The van der Waals surface area contributed by atoms with Crippen molar-refractivity contribution in [3.8, 4) is 0 Å². The molecule has 0 unspecified atom stereocenters. The van der Waals surface area contributed by atoms with Gasteiger partial charge in [-0.1, -0.05) is 30.0 Å². The van der Waals surface area contributed by atoms with Gasteiger partial charge in [-0.15, -0.1) is 0 Å². The number of hydrogen-bond donors (Lipinski definition) is 1. The van der Waals surface area contributed by atoms with Crippen LogP contribution >= 0.6 is 11.8 Å². The van der Waals surface area contributed by atoms with Crippen molar-refractivity contribution in [3.05, 3.63) is 30.3 Å². The van der Waals surface area contributed by atoms with Crippen LogP contribution in [0, 0.1) is 0 Å². The molecule has 1 aromatic rings. The second kappa shape index (κ2) is 6.39. The maximum absolute atomic E-state index is 12.3. The van der Waals surface area contributed by atoms with E-state index in [1.54, 1.807) is 4.90 Å². The van der Waals surface area contributed by atoms with Crippen molar-refractivity contribution in [2.24, 2.45) is 0 Å². The Morgan fingerprint density at radius 2 is 1.82 bits per heavy atom. The monoisotopic (exact) mass is 319 g/mol. The van der Waals surface area contributed by atoms with Gasteiger partial charge in [0.2, 0.25) is 11.8 Å². The van der Waals surface area contributed by atoms with E-state index in [0.29, 0.717) is 13.1 Å². The molecule has 0 aromatic heterocycles. The fraction of sp³-hybridized carbons (Fsp3) is 0.400. The quantitative estimate of drug-likeness (QED) is 0.903. The van der Waals surface area contributed by atoms with Gasteiger partial charge in [0.1, 0.15) is 5.25 Å². The normalized spacial score (nSPS) is 21.9. The molecule has 1 aromatic carbocycles. The van der Waals surface area contributed by atoms with Crippen LogP contribution < -0.4 is 10.2 Å². The lowest BCUT2D eigenvalue weighted by atomic mass is 10.2. The SMILES string of the molecule is O=C1NC(=O)[C@H](CC(=O)N2CCN(c3ccccc3)CC2)S1. The number of carbonyl (C=O) groups is 3. The molecule has 7 heteroatoms. The average molecular weight is 319 g/mol. The molecule has 0 saturated carbocycles. The predicted molar refractivity (Wildman–Crippen MR) is 84.8 cm³/mol. The number of anilines is 1. The Hall–Kier alpha value is -2.02. The molecule has 2 aliphatic rings. The first-order valence-electron chi connectivity index (χ1n) is 7.23. The van der Waals surface area contributed by atoms with Crippen LogP contribution in [0.2, 0.25) is 0 Å². The number of carbonyl (C=O) groups excluding carboxylic acids is 3. The van der Waals surface area contributed by atoms with E-state index in [0.717, 1.165) is 30.5 Å². The first-order chi connectivity index (χ1) is 10.6. The highest BCUT2D eigenvalue weighted by atomic mass is 32.2. The van der Waals surface area contributed by atoms with E-state index in [2.05, 4.69) is 22.3 Å². The Morgan fingerprint density at radius 3 is 2.41 bits per heavy atom. The number of nitrogens with one attached hydrogen (secondary N) is 1. The van der Waals surface area contributed by atoms with Crippen molar-refractivity contribution in [1.82, 2.24) is 10.2 Å². The lowest BCUT2D eigenvalue weighted by Crippen LogP contribution is -2.49. The minimum atomic E-state index is -0.577. The van der Waals surface area contributed by atoms with Crippen molar-refractivity contribution in [1.29, 1.82) is 0 Å².